The molecule has 0 bridgehead atoms. The molecule has 1 saturated heterocycles. The molecule has 1 aromatic heterocycles. The van der Waals surface area contributed by atoms with E-state index in [0.29, 0.717) is 5.92 Å². The molecule has 3 nitrogen and oxygen atoms in total. The summed E-state index contributed by atoms with van der Waals surface area (Å²) in [4.78, 5) is 4.45. The highest BCUT2D eigenvalue weighted by Crippen LogP contribution is 2.27. The van der Waals surface area contributed by atoms with E-state index >= 15 is 0 Å². The normalized spacial score (nSPS) is 20.4. The molecule has 0 aliphatic carbocycles. The number of aromatic nitrogens is 1. The van der Waals surface area contributed by atoms with E-state index in [2.05, 4.69) is 16.4 Å². The second kappa shape index (κ2) is 4.39. The maximum Gasteiger partial charge on any atom is 0.274 e. The Morgan fingerprint density at radius 3 is 3.19 bits per heavy atom. The first-order valence-electron chi connectivity index (χ1n) is 5.61. The van der Waals surface area contributed by atoms with Crippen LogP contribution in [0.5, 0.6) is 5.19 Å². The monoisotopic (exact) mass is 234 g/mol. The van der Waals surface area contributed by atoms with Gasteiger partial charge in [0.2, 0.25) is 0 Å². The van der Waals surface area contributed by atoms with Crippen molar-refractivity contribution < 1.29 is 4.74 Å². The second-order valence-electron chi connectivity index (χ2n) is 4.12. The Bertz CT molecular complexity index is 444. The lowest BCUT2D eigenvalue weighted by Crippen LogP contribution is -2.15. The number of benzene rings is 1. The summed E-state index contributed by atoms with van der Waals surface area (Å²) < 4.78 is 6.94. The summed E-state index contributed by atoms with van der Waals surface area (Å²) in [5.74, 6) is 0.645. The van der Waals surface area contributed by atoms with Crippen molar-refractivity contribution in [3.05, 3.63) is 24.3 Å². The molecule has 0 spiro atoms. The van der Waals surface area contributed by atoms with Gasteiger partial charge in [-0.1, -0.05) is 23.5 Å². The molecule has 4 heteroatoms. The molecule has 2 aromatic rings. The zero-order chi connectivity index (χ0) is 10.8. The first kappa shape index (κ1) is 10.1. The van der Waals surface area contributed by atoms with Crippen LogP contribution in [0.4, 0.5) is 0 Å². The SMILES string of the molecule is c1ccc2sc(OC[C@@H]3CCNC3)nc2c1. The first-order valence-corrected chi connectivity index (χ1v) is 6.42. The van der Waals surface area contributed by atoms with Crippen molar-refractivity contribution in [1.82, 2.24) is 10.3 Å². The molecule has 0 amide bonds. The Morgan fingerprint density at radius 2 is 2.38 bits per heavy atom. The number of nitrogens with zero attached hydrogens (tertiary/aromatic N) is 1. The summed E-state index contributed by atoms with van der Waals surface area (Å²) in [5, 5.41) is 4.14. The Balaban J connectivity index is 1.69. The third-order valence-electron chi connectivity index (χ3n) is 2.88. The Kier molecular flexibility index (Phi) is 2.76. The third-order valence-corrected chi connectivity index (χ3v) is 3.83. The lowest BCUT2D eigenvalue weighted by atomic mass is 10.1. The highest BCUT2D eigenvalue weighted by molar-refractivity contribution is 7.20. The average molecular weight is 234 g/mol. The smallest absolute Gasteiger partial charge is 0.274 e. The van der Waals surface area contributed by atoms with Crippen molar-refractivity contribution >= 4 is 21.6 Å². The molecule has 1 aliphatic heterocycles. The van der Waals surface area contributed by atoms with E-state index in [9.17, 15) is 0 Å². The highest BCUT2D eigenvalue weighted by atomic mass is 32.1. The Morgan fingerprint density at radius 1 is 1.44 bits per heavy atom. The summed E-state index contributed by atoms with van der Waals surface area (Å²) in [6, 6.07) is 8.14. The Hall–Kier alpha value is -1.13. The van der Waals surface area contributed by atoms with E-state index in [4.69, 9.17) is 4.74 Å². The van der Waals surface area contributed by atoms with E-state index in [1.165, 1.54) is 11.1 Å². The minimum Gasteiger partial charge on any atom is -0.470 e. The van der Waals surface area contributed by atoms with Crippen LogP contribution >= 0.6 is 11.3 Å². The summed E-state index contributed by atoms with van der Waals surface area (Å²) in [6.45, 7) is 2.98. The van der Waals surface area contributed by atoms with Crippen molar-refractivity contribution in [3.63, 3.8) is 0 Å². The van der Waals surface area contributed by atoms with Crippen LogP contribution in [0.3, 0.4) is 0 Å². The fourth-order valence-corrected chi connectivity index (χ4v) is 2.78. The lowest BCUT2D eigenvalue weighted by molar-refractivity contribution is 0.259. The maximum absolute atomic E-state index is 5.74. The fraction of sp³-hybridized carbons (Fsp3) is 0.417. The Labute approximate surface area is 98.5 Å². The molecule has 0 unspecified atom stereocenters. The fourth-order valence-electron chi connectivity index (χ4n) is 1.96. The number of thiazole rings is 1. The van der Waals surface area contributed by atoms with Gasteiger partial charge in [0.05, 0.1) is 16.8 Å². The van der Waals surface area contributed by atoms with Gasteiger partial charge in [-0.05, 0) is 25.1 Å². The van der Waals surface area contributed by atoms with Gasteiger partial charge in [-0.2, -0.15) is 0 Å². The van der Waals surface area contributed by atoms with Crippen molar-refractivity contribution in [2.45, 2.75) is 6.42 Å². The van der Waals surface area contributed by atoms with Crippen LogP contribution in [0.1, 0.15) is 6.42 Å². The van der Waals surface area contributed by atoms with E-state index in [1.54, 1.807) is 11.3 Å². The lowest BCUT2D eigenvalue weighted by Gasteiger charge is -2.07. The summed E-state index contributed by atoms with van der Waals surface area (Å²) in [6.07, 6.45) is 1.21. The van der Waals surface area contributed by atoms with Crippen molar-refractivity contribution in [3.8, 4) is 5.19 Å². The van der Waals surface area contributed by atoms with Crippen LogP contribution in [0.15, 0.2) is 24.3 Å². The minimum atomic E-state index is 0.645. The molecule has 0 saturated carbocycles. The number of nitrogens with one attached hydrogen (secondary N) is 1. The highest BCUT2D eigenvalue weighted by Gasteiger charge is 2.15. The molecule has 2 heterocycles. The van der Waals surface area contributed by atoms with Gasteiger partial charge in [-0.3, -0.25) is 0 Å². The van der Waals surface area contributed by atoms with Crippen molar-refractivity contribution in [2.24, 2.45) is 5.92 Å². The first-order chi connectivity index (χ1) is 7.92. The van der Waals surface area contributed by atoms with Gasteiger partial charge in [-0.25, -0.2) is 4.98 Å². The number of rotatable bonds is 3. The minimum absolute atomic E-state index is 0.645. The zero-order valence-electron chi connectivity index (χ0n) is 8.98. The number of fused-ring (bicyclic) bond motifs is 1. The maximum atomic E-state index is 5.74. The number of hydrogen-bond donors (Lipinski definition) is 1. The number of para-hydroxylation sites is 1. The van der Waals surface area contributed by atoms with Crippen LogP contribution in [-0.4, -0.2) is 24.7 Å². The van der Waals surface area contributed by atoms with Crippen LogP contribution in [0, 0.1) is 5.92 Å². The molecule has 1 atom stereocenters. The molecule has 16 heavy (non-hydrogen) atoms. The van der Waals surface area contributed by atoms with E-state index < -0.39 is 0 Å². The summed E-state index contributed by atoms with van der Waals surface area (Å²) in [5.41, 5.74) is 1.03. The summed E-state index contributed by atoms with van der Waals surface area (Å²) >= 11 is 1.63. The third kappa shape index (κ3) is 2.03. The number of hydrogen-bond acceptors (Lipinski definition) is 4. The van der Waals surface area contributed by atoms with E-state index in [1.807, 2.05) is 18.2 Å². The van der Waals surface area contributed by atoms with Crippen molar-refractivity contribution in [1.29, 1.82) is 0 Å². The van der Waals surface area contributed by atoms with Crippen LogP contribution < -0.4 is 10.1 Å². The van der Waals surface area contributed by atoms with Gasteiger partial charge in [-0.15, -0.1) is 0 Å². The van der Waals surface area contributed by atoms with Gasteiger partial charge in [0.25, 0.3) is 5.19 Å². The largest absolute Gasteiger partial charge is 0.470 e. The number of ether oxygens (including phenoxy) is 1. The predicted molar refractivity (Wildman–Crippen MR) is 66.1 cm³/mol. The average Bonchev–Trinajstić information content (AvgIpc) is 2.95. The predicted octanol–water partition coefficient (Wildman–Crippen LogP) is 2.28. The molecule has 1 aliphatic rings. The summed E-state index contributed by atoms with van der Waals surface area (Å²) in [7, 11) is 0. The zero-order valence-corrected chi connectivity index (χ0v) is 9.80. The van der Waals surface area contributed by atoms with E-state index in [-0.39, 0.29) is 0 Å². The van der Waals surface area contributed by atoms with E-state index in [0.717, 1.165) is 30.4 Å². The second-order valence-corrected chi connectivity index (χ2v) is 5.11. The van der Waals surface area contributed by atoms with Gasteiger partial charge in [0.15, 0.2) is 0 Å². The van der Waals surface area contributed by atoms with Gasteiger partial charge >= 0.3 is 0 Å². The van der Waals surface area contributed by atoms with Crippen LogP contribution in [-0.2, 0) is 0 Å². The van der Waals surface area contributed by atoms with Crippen LogP contribution in [0.2, 0.25) is 0 Å². The molecule has 1 aromatic carbocycles. The molecule has 84 valence electrons. The molecule has 3 rings (SSSR count). The quantitative estimate of drug-likeness (QED) is 0.884. The van der Waals surface area contributed by atoms with Gasteiger partial charge in [0, 0.05) is 12.5 Å². The molecular formula is C12H14N2OS. The molecule has 0 radical (unpaired) electrons. The molecule has 1 fully saturated rings. The van der Waals surface area contributed by atoms with Crippen LogP contribution in [0.25, 0.3) is 10.2 Å². The van der Waals surface area contributed by atoms with Crippen molar-refractivity contribution in [2.75, 3.05) is 19.7 Å². The van der Waals surface area contributed by atoms with Gasteiger partial charge in [0.1, 0.15) is 0 Å². The molecular weight excluding hydrogens is 220 g/mol. The standard InChI is InChI=1S/C12H14N2OS/c1-2-4-11-10(3-1)14-12(16-11)15-8-9-5-6-13-7-9/h1-4,9,13H,5-8H2/t9-/m1/s1. The topological polar surface area (TPSA) is 34.1 Å². The molecule has 1 N–H and O–H groups in total. The van der Waals surface area contributed by atoms with Gasteiger partial charge < -0.3 is 10.1 Å².